The third-order valence-electron chi connectivity index (χ3n) is 9.09. The van der Waals surface area contributed by atoms with Gasteiger partial charge in [0.05, 0.1) is 19.8 Å². The maximum atomic E-state index is 14.0. The predicted octanol–water partition coefficient (Wildman–Crippen LogP) is 8.35. The highest BCUT2D eigenvalue weighted by molar-refractivity contribution is 6.04. The second-order valence-electron chi connectivity index (χ2n) is 11.8. The Hall–Kier alpha value is -4.01. The van der Waals surface area contributed by atoms with Crippen molar-refractivity contribution in [1.29, 1.82) is 0 Å². The zero-order chi connectivity index (χ0) is 31.4. The van der Waals surface area contributed by atoms with Crippen LogP contribution in [0, 0.1) is 6.92 Å². The van der Waals surface area contributed by atoms with E-state index in [0.717, 1.165) is 62.1 Å². The Morgan fingerprint density at radius 1 is 0.795 bits per heavy atom. The van der Waals surface area contributed by atoms with Crippen LogP contribution >= 0.6 is 0 Å². The third-order valence-corrected chi connectivity index (χ3v) is 9.09. The standard InChI is InChI=1S/C35H39F3N2O4/c1-22-31(43-2)20-27(21-32(22)44-3)34(42)40-17-15-24(16-18-40)23-9-12-28(13-10-23)39-33(41)26-11-14-29(25-7-5-4-6-8-25)30(19-26)35(36,37)38/h9-14,19-21,24-25H,4-8,15-18H2,1-3H3,(H,39,41). The van der Waals surface area contributed by atoms with Crippen LogP contribution in [-0.4, -0.2) is 44.0 Å². The number of ether oxygens (including phenoxy) is 2. The summed E-state index contributed by atoms with van der Waals surface area (Å²) in [6.45, 7) is 3.07. The van der Waals surface area contributed by atoms with E-state index in [1.165, 1.54) is 12.1 Å². The van der Waals surface area contributed by atoms with E-state index in [4.69, 9.17) is 9.47 Å². The Balaban J connectivity index is 1.21. The number of carbonyl (C=O) groups is 2. The van der Waals surface area contributed by atoms with Crippen LogP contribution in [0.3, 0.4) is 0 Å². The molecule has 234 valence electrons. The number of halogens is 3. The van der Waals surface area contributed by atoms with Crippen molar-refractivity contribution >= 4 is 17.5 Å². The van der Waals surface area contributed by atoms with Crippen LogP contribution in [0.25, 0.3) is 0 Å². The lowest BCUT2D eigenvalue weighted by Gasteiger charge is -2.32. The molecular formula is C35H39F3N2O4. The Bertz CT molecular complexity index is 1460. The van der Waals surface area contributed by atoms with Crippen molar-refractivity contribution in [2.24, 2.45) is 0 Å². The van der Waals surface area contributed by atoms with Gasteiger partial charge in [0.2, 0.25) is 0 Å². The maximum Gasteiger partial charge on any atom is 0.416 e. The molecule has 0 spiro atoms. The monoisotopic (exact) mass is 608 g/mol. The zero-order valence-corrected chi connectivity index (χ0v) is 25.4. The van der Waals surface area contributed by atoms with E-state index < -0.39 is 17.6 Å². The molecule has 1 saturated heterocycles. The van der Waals surface area contributed by atoms with Gasteiger partial charge in [-0.2, -0.15) is 13.2 Å². The fourth-order valence-electron chi connectivity index (χ4n) is 6.56. The molecule has 9 heteroatoms. The van der Waals surface area contributed by atoms with Crippen molar-refractivity contribution in [2.45, 2.75) is 69.9 Å². The number of piperidine rings is 1. The normalized spacial score (nSPS) is 16.5. The summed E-state index contributed by atoms with van der Waals surface area (Å²) in [6, 6.07) is 14.9. The summed E-state index contributed by atoms with van der Waals surface area (Å²) < 4.78 is 52.7. The van der Waals surface area contributed by atoms with Crippen LogP contribution in [0.5, 0.6) is 11.5 Å². The lowest BCUT2D eigenvalue weighted by atomic mass is 9.81. The van der Waals surface area contributed by atoms with E-state index in [-0.39, 0.29) is 23.3 Å². The number of benzene rings is 3. The molecule has 0 aromatic heterocycles. The number of nitrogens with zero attached hydrogens (tertiary/aromatic N) is 1. The molecule has 44 heavy (non-hydrogen) atoms. The molecule has 0 atom stereocenters. The van der Waals surface area contributed by atoms with Crippen molar-refractivity contribution in [3.05, 3.63) is 88.0 Å². The number of anilines is 1. The van der Waals surface area contributed by atoms with Gasteiger partial charge in [-0.15, -0.1) is 0 Å². The molecule has 0 unspecified atom stereocenters. The number of amides is 2. The summed E-state index contributed by atoms with van der Waals surface area (Å²) in [5, 5.41) is 2.75. The molecule has 1 N–H and O–H groups in total. The number of likely N-dealkylation sites (tertiary alicyclic amines) is 1. The maximum absolute atomic E-state index is 14.0. The second-order valence-corrected chi connectivity index (χ2v) is 11.8. The van der Waals surface area contributed by atoms with Crippen molar-refractivity contribution in [3.63, 3.8) is 0 Å². The van der Waals surface area contributed by atoms with Gasteiger partial charge < -0.3 is 19.7 Å². The lowest BCUT2D eigenvalue weighted by molar-refractivity contribution is -0.138. The minimum Gasteiger partial charge on any atom is -0.496 e. The number of carbonyl (C=O) groups excluding carboxylic acids is 2. The van der Waals surface area contributed by atoms with Gasteiger partial charge in [0.1, 0.15) is 11.5 Å². The van der Waals surface area contributed by atoms with Gasteiger partial charge in [-0.05, 0) is 92.0 Å². The first-order valence-corrected chi connectivity index (χ1v) is 15.2. The summed E-state index contributed by atoms with van der Waals surface area (Å²) >= 11 is 0. The van der Waals surface area contributed by atoms with Crippen molar-refractivity contribution in [1.82, 2.24) is 4.90 Å². The minimum atomic E-state index is -4.52. The van der Waals surface area contributed by atoms with Crippen LogP contribution in [0.4, 0.5) is 18.9 Å². The first kappa shape index (κ1) is 31.4. The van der Waals surface area contributed by atoms with Crippen molar-refractivity contribution in [2.75, 3.05) is 32.6 Å². The largest absolute Gasteiger partial charge is 0.496 e. The van der Waals surface area contributed by atoms with E-state index in [2.05, 4.69) is 5.32 Å². The molecular weight excluding hydrogens is 569 g/mol. The highest BCUT2D eigenvalue weighted by Gasteiger charge is 2.36. The SMILES string of the molecule is COc1cc(C(=O)N2CCC(c3ccc(NC(=O)c4ccc(C5CCCCC5)c(C(F)(F)F)c4)cc3)CC2)cc(OC)c1C. The van der Waals surface area contributed by atoms with Crippen LogP contribution in [0.15, 0.2) is 54.6 Å². The van der Waals surface area contributed by atoms with Gasteiger partial charge >= 0.3 is 6.18 Å². The molecule has 2 aliphatic rings. The first-order chi connectivity index (χ1) is 21.1. The summed E-state index contributed by atoms with van der Waals surface area (Å²) in [7, 11) is 3.13. The first-order valence-electron chi connectivity index (χ1n) is 15.2. The zero-order valence-electron chi connectivity index (χ0n) is 25.4. The quantitative estimate of drug-likeness (QED) is 0.293. The van der Waals surface area contributed by atoms with Gasteiger partial charge in [0.15, 0.2) is 0 Å². The number of alkyl halides is 3. The van der Waals surface area contributed by atoms with E-state index >= 15 is 0 Å². The molecule has 6 nitrogen and oxygen atoms in total. The molecule has 1 heterocycles. The Labute approximate surface area is 256 Å². The number of rotatable bonds is 7. The van der Waals surface area contributed by atoms with Gasteiger partial charge in [-0.25, -0.2) is 0 Å². The fourth-order valence-corrected chi connectivity index (χ4v) is 6.56. The van der Waals surface area contributed by atoms with E-state index in [9.17, 15) is 22.8 Å². The lowest BCUT2D eigenvalue weighted by Crippen LogP contribution is -2.38. The second kappa shape index (κ2) is 13.3. The summed E-state index contributed by atoms with van der Waals surface area (Å²) in [4.78, 5) is 28.0. The van der Waals surface area contributed by atoms with Gasteiger partial charge in [-0.1, -0.05) is 37.5 Å². The van der Waals surface area contributed by atoms with Crippen LogP contribution in [0.2, 0.25) is 0 Å². The molecule has 5 rings (SSSR count). The van der Waals surface area contributed by atoms with E-state index in [1.54, 1.807) is 38.5 Å². The van der Waals surface area contributed by atoms with E-state index in [1.807, 2.05) is 24.0 Å². The van der Waals surface area contributed by atoms with Crippen LogP contribution in [-0.2, 0) is 6.18 Å². The van der Waals surface area contributed by atoms with Crippen LogP contribution in [0.1, 0.15) is 99.8 Å². The smallest absolute Gasteiger partial charge is 0.416 e. The number of methoxy groups -OCH3 is 2. The average molecular weight is 609 g/mol. The predicted molar refractivity (Wildman–Crippen MR) is 164 cm³/mol. The number of nitrogens with one attached hydrogen (secondary N) is 1. The molecule has 2 fully saturated rings. The average Bonchev–Trinajstić information content (AvgIpc) is 3.04. The van der Waals surface area contributed by atoms with Gasteiger partial charge in [0, 0.05) is 35.5 Å². The molecule has 3 aromatic rings. The van der Waals surface area contributed by atoms with Gasteiger partial charge in [-0.3, -0.25) is 9.59 Å². The number of hydrogen-bond donors (Lipinski definition) is 1. The van der Waals surface area contributed by atoms with Crippen molar-refractivity contribution < 1.29 is 32.2 Å². The molecule has 1 aliphatic heterocycles. The minimum absolute atomic E-state index is 0.0122. The molecule has 0 bridgehead atoms. The summed E-state index contributed by atoms with van der Waals surface area (Å²) in [6.07, 6.45) is 1.43. The Morgan fingerprint density at radius 2 is 1.41 bits per heavy atom. The molecule has 2 amide bonds. The molecule has 0 radical (unpaired) electrons. The molecule has 3 aromatic carbocycles. The third kappa shape index (κ3) is 6.87. The number of hydrogen-bond acceptors (Lipinski definition) is 4. The van der Waals surface area contributed by atoms with Crippen molar-refractivity contribution in [3.8, 4) is 11.5 Å². The van der Waals surface area contributed by atoms with Crippen LogP contribution < -0.4 is 14.8 Å². The Kier molecular flexibility index (Phi) is 9.51. The highest BCUT2D eigenvalue weighted by atomic mass is 19.4. The van der Waals surface area contributed by atoms with Gasteiger partial charge in [0.25, 0.3) is 11.8 Å². The fraction of sp³-hybridized carbons (Fsp3) is 0.429. The highest BCUT2D eigenvalue weighted by Crippen LogP contribution is 2.41. The topological polar surface area (TPSA) is 67.9 Å². The molecule has 1 aliphatic carbocycles. The summed E-state index contributed by atoms with van der Waals surface area (Å²) in [5.41, 5.74) is 2.53. The molecule has 1 saturated carbocycles. The Morgan fingerprint density at radius 3 is 1.98 bits per heavy atom. The summed E-state index contributed by atoms with van der Waals surface area (Å²) in [5.74, 6) is 0.685. The van der Waals surface area contributed by atoms with E-state index in [0.29, 0.717) is 41.4 Å².